The van der Waals surface area contributed by atoms with Gasteiger partial charge in [-0.15, -0.1) is 11.3 Å². The summed E-state index contributed by atoms with van der Waals surface area (Å²) in [7, 11) is 1.63. The molecular weight excluding hydrogens is 278 g/mol. The van der Waals surface area contributed by atoms with Crippen molar-refractivity contribution in [3.05, 3.63) is 33.3 Å². The van der Waals surface area contributed by atoms with E-state index in [0.29, 0.717) is 24.1 Å². The maximum atomic E-state index is 11.3. The first-order chi connectivity index (χ1) is 9.67. The van der Waals surface area contributed by atoms with Crippen molar-refractivity contribution in [1.29, 1.82) is 0 Å². The summed E-state index contributed by atoms with van der Waals surface area (Å²) in [5.41, 5.74) is 2.92. The summed E-state index contributed by atoms with van der Waals surface area (Å²) in [5, 5.41) is 14.6. The lowest BCUT2D eigenvalue weighted by Crippen LogP contribution is -2.35. The molecule has 0 bridgehead atoms. The number of benzene rings is 1. The minimum atomic E-state index is -0.340. The van der Waals surface area contributed by atoms with Crippen LogP contribution in [-0.4, -0.2) is 36.2 Å². The van der Waals surface area contributed by atoms with Gasteiger partial charge in [-0.3, -0.25) is 10.1 Å². The Kier molecular flexibility index (Phi) is 4.99. The van der Waals surface area contributed by atoms with E-state index in [1.807, 2.05) is 19.1 Å². The topological polar surface area (TPSA) is 77.3 Å². The first-order valence-electron chi connectivity index (χ1n) is 6.39. The van der Waals surface area contributed by atoms with E-state index >= 15 is 0 Å². The molecule has 0 aliphatic carbocycles. The van der Waals surface area contributed by atoms with Crippen LogP contribution in [0.4, 0.5) is 5.69 Å². The second-order valence-electron chi connectivity index (χ2n) is 4.44. The molecule has 0 spiro atoms. The Balaban J connectivity index is 2.37. The van der Waals surface area contributed by atoms with E-state index in [9.17, 15) is 10.1 Å². The van der Waals surface area contributed by atoms with Crippen LogP contribution in [0.3, 0.4) is 0 Å². The van der Waals surface area contributed by atoms with Crippen LogP contribution in [0.5, 0.6) is 0 Å². The van der Waals surface area contributed by atoms with Gasteiger partial charge in [0.05, 0.1) is 21.7 Å². The number of ether oxygens (including phenoxy) is 1. The van der Waals surface area contributed by atoms with E-state index in [1.165, 1.54) is 11.3 Å². The van der Waals surface area contributed by atoms with Gasteiger partial charge in [-0.25, -0.2) is 4.98 Å². The predicted octanol–water partition coefficient (Wildman–Crippen LogP) is 2.37. The number of aromatic nitrogens is 1. The summed E-state index contributed by atoms with van der Waals surface area (Å²) in [6.07, 6.45) is 0.547. The molecule has 2 rings (SSSR count). The molecule has 2 aromatic rings. The summed E-state index contributed by atoms with van der Waals surface area (Å²) in [6.45, 7) is 3.31. The van der Waals surface area contributed by atoms with Crippen molar-refractivity contribution in [1.82, 2.24) is 10.3 Å². The van der Waals surface area contributed by atoms with Gasteiger partial charge in [0, 0.05) is 18.7 Å². The Bertz CT molecular complexity index is 594. The van der Waals surface area contributed by atoms with Crippen LogP contribution in [0.2, 0.25) is 0 Å². The fourth-order valence-corrected chi connectivity index (χ4v) is 2.95. The number of methoxy groups -OCH3 is 1. The van der Waals surface area contributed by atoms with E-state index in [4.69, 9.17) is 4.74 Å². The first-order valence-corrected chi connectivity index (χ1v) is 7.27. The standard InChI is InChI=1S/C13H17N3O3S/c1-3-14-10(7-19-2)6-9-4-5-11-12(15-8-20-11)13(9)16(17)18/h4-5,8,10,14H,3,6-7H2,1-2H3. The molecule has 0 saturated heterocycles. The largest absolute Gasteiger partial charge is 0.383 e. The van der Waals surface area contributed by atoms with Gasteiger partial charge < -0.3 is 10.1 Å². The Labute approximate surface area is 120 Å². The third-order valence-electron chi connectivity index (χ3n) is 3.07. The lowest BCUT2D eigenvalue weighted by atomic mass is 10.0. The van der Waals surface area contributed by atoms with Crippen molar-refractivity contribution in [2.75, 3.05) is 20.3 Å². The Morgan fingerprint density at radius 3 is 3.00 bits per heavy atom. The predicted molar refractivity (Wildman–Crippen MR) is 79.3 cm³/mol. The fraction of sp³-hybridized carbons (Fsp3) is 0.462. The molecule has 0 aliphatic heterocycles. The number of nitrogens with one attached hydrogen (secondary N) is 1. The number of hydrogen-bond acceptors (Lipinski definition) is 6. The van der Waals surface area contributed by atoms with Gasteiger partial charge in [-0.2, -0.15) is 0 Å². The van der Waals surface area contributed by atoms with Crippen LogP contribution >= 0.6 is 11.3 Å². The second kappa shape index (κ2) is 6.74. The minimum absolute atomic E-state index is 0.0554. The lowest BCUT2D eigenvalue weighted by molar-refractivity contribution is -0.383. The molecule has 0 aliphatic rings. The zero-order valence-corrected chi connectivity index (χ0v) is 12.3. The summed E-state index contributed by atoms with van der Waals surface area (Å²) >= 11 is 1.41. The molecule has 6 nitrogen and oxygen atoms in total. The smallest absolute Gasteiger partial charge is 0.299 e. The zero-order chi connectivity index (χ0) is 14.5. The van der Waals surface area contributed by atoms with Crippen molar-refractivity contribution in [3.63, 3.8) is 0 Å². The van der Waals surface area contributed by atoms with Crippen molar-refractivity contribution < 1.29 is 9.66 Å². The summed E-state index contributed by atoms with van der Waals surface area (Å²) in [6, 6.07) is 3.77. The van der Waals surface area contributed by atoms with E-state index in [2.05, 4.69) is 10.3 Å². The maximum Gasteiger partial charge on any atom is 0.299 e. The number of nitro benzene ring substituents is 1. The van der Waals surface area contributed by atoms with E-state index in [1.54, 1.807) is 12.6 Å². The van der Waals surface area contributed by atoms with Crippen LogP contribution < -0.4 is 5.32 Å². The van der Waals surface area contributed by atoms with Gasteiger partial charge in [0.2, 0.25) is 0 Å². The molecule has 1 unspecified atom stereocenters. The average molecular weight is 295 g/mol. The van der Waals surface area contributed by atoms with Crippen LogP contribution in [0, 0.1) is 10.1 Å². The molecule has 0 fully saturated rings. The van der Waals surface area contributed by atoms with Gasteiger partial charge in [0.1, 0.15) is 0 Å². The highest BCUT2D eigenvalue weighted by atomic mass is 32.1. The first kappa shape index (κ1) is 14.8. The monoisotopic (exact) mass is 295 g/mol. The van der Waals surface area contributed by atoms with Crippen LogP contribution in [0.1, 0.15) is 12.5 Å². The normalized spacial score (nSPS) is 12.7. The van der Waals surface area contributed by atoms with Crippen molar-refractivity contribution in [2.45, 2.75) is 19.4 Å². The minimum Gasteiger partial charge on any atom is -0.383 e. The molecule has 1 N–H and O–H groups in total. The van der Waals surface area contributed by atoms with Gasteiger partial charge in [0.15, 0.2) is 5.52 Å². The number of thiazole rings is 1. The van der Waals surface area contributed by atoms with Gasteiger partial charge in [0.25, 0.3) is 5.69 Å². The molecule has 1 atom stereocenters. The van der Waals surface area contributed by atoms with E-state index in [-0.39, 0.29) is 16.7 Å². The Morgan fingerprint density at radius 2 is 2.35 bits per heavy atom. The third kappa shape index (κ3) is 3.12. The number of nitro groups is 1. The molecule has 1 aromatic carbocycles. The fourth-order valence-electron chi connectivity index (χ4n) is 2.27. The number of nitrogens with zero attached hydrogens (tertiary/aromatic N) is 2. The van der Waals surface area contributed by atoms with Gasteiger partial charge >= 0.3 is 0 Å². The highest BCUT2D eigenvalue weighted by Gasteiger charge is 2.22. The average Bonchev–Trinajstić information content (AvgIpc) is 2.86. The quantitative estimate of drug-likeness (QED) is 0.627. The summed E-state index contributed by atoms with van der Waals surface area (Å²) in [5.74, 6) is 0. The lowest BCUT2D eigenvalue weighted by Gasteiger charge is -2.16. The maximum absolute atomic E-state index is 11.3. The van der Waals surface area contributed by atoms with Crippen molar-refractivity contribution in [2.24, 2.45) is 0 Å². The molecule has 20 heavy (non-hydrogen) atoms. The zero-order valence-electron chi connectivity index (χ0n) is 11.5. The van der Waals surface area contributed by atoms with Gasteiger partial charge in [-0.05, 0) is 19.0 Å². The number of rotatable bonds is 7. The van der Waals surface area contributed by atoms with E-state index in [0.717, 1.165) is 11.2 Å². The number of likely N-dealkylation sites (N-methyl/N-ethyl adjacent to an activating group) is 1. The number of hydrogen-bond donors (Lipinski definition) is 1. The van der Waals surface area contributed by atoms with Crippen LogP contribution in [0.15, 0.2) is 17.6 Å². The highest BCUT2D eigenvalue weighted by Crippen LogP contribution is 2.31. The molecule has 7 heteroatoms. The number of fused-ring (bicyclic) bond motifs is 1. The molecule has 0 radical (unpaired) electrons. The Hall–Kier alpha value is -1.57. The summed E-state index contributed by atoms with van der Waals surface area (Å²) in [4.78, 5) is 15.1. The van der Waals surface area contributed by atoms with Crippen molar-refractivity contribution in [3.8, 4) is 0 Å². The molecule has 0 amide bonds. The van der Waals surface area contributed by atoms with Crippen LogP contribution in [0.25, 0.3) is 10.2 Å². The second-order valence-corrected chi connectivity index (χ2v) is 5.33. The molecule has 108 valence electrons. The van der Waals surface area contributed by atoms with Gasteiger partial charge in [-0.1, -0.05) is 13.0 Å². The SMILES string of the molecule is CCNC(COC)Cc1ccc2scnc2c1[N+](=O)[O-]. The molecule has 1 heterocycles. The molecule has 1 aromatic heterocycles. The third-order valence-corrected chi connectivity index (χ3v) is 3.86. The molecule has 0 saturated carbocycles. The van der Waals surface area contributed by atoms with Crippen LogP contribution in [-0.2, 0) is 11.2 Å². The van der Waals surface area contributed by atoms with E-state index < -0.39 is 0 Å². The highest BCUT2D eigenvalue weighted by molar-refractivity contribution is 7.16. The summed E-state index contributed by atoms with van der Waals surface area (Å²) < 4.78 is 6.00. The van der Waals surface area contributed by atoms with Crippen molar-refractivity contribution >= 4 is 27.2 Å². The Morgan fingerprint density at radius 1 is 1.55 bits per heavy atom. The molecular formula is C13H17N3O3S.